The molecule has 0 atom stereocenters. The highest BCUT2D eigenvalue weighted by Gasteiger charge is 2.13. The van der Waals surface area contributed by atoms with E-state index in [0.717, 1.165) is 4.47 Å². The quantitative estimate of drug-likeness (QED) is 0.881. The number of carbonyl (C=O) groups is 1. The second-order valence-electron chi connectivity index (χ2n) is 3.51. The van der Waals surface area contributed by atoms with Crippen molar-refractivity contribution in [2.45, 2.75) is 13.5 Å². The molecule has 94 valence electrons. The van der Waals surface area contributed by atoms with Crippen LogP contribution in [0.2, 0.25) is 5.15 Å². The summed E-state index contributed by atoms with van der Waals surface area (Å²) in [7, 11) is 0. The van der Waals surface area contributed by atoms with Crippen LogP contribution < -0.4 is 5.32 Å². The fourth-order valence-corrected chi connectivity index (χ4v) is 2.12. The second-order valence-corrected chi connectivity index (χ2v) is 4.81. The van der Waals surface area contributed by atoms with Crippen LogP contribution in [0.15, 0.2) is 29.1 Å². The zero-order valence-corrected chi connectivity index (χ0v) is 11.9. The second kappa shape index (κ2) is 5.49. The van der Waals surface area contributed by atoms with Crippen molar-refractivity contribution in [1.82, 2.24) is 14.5 Å². The van der Waals surface area contributed by atoms with Crippen LogP contribution >= 0.6 is 27.5 Å². The smallest absolute Gasteiger partial charge is 0.273 e. The van der Waals surface area contributed by atoms with E-state index in [-0.39, 0.29) is 11.1 Å². The van der Waals surface area contributed by atoms with E-state index in [1.807, 2.05) is 17.7 Å². The van der Waals surface area contributed by atoms with Crippen molar-refractivity contribution in [2.24, 2.45) is 0 Å². The third-order valence-electron chi connectivity index (χ3n) is 2.31. The maximum atomic E-state index is 12.1. The highest BCUT2D eigenvalue weighted by atomic mass is 79.9. The SMILES string of the molecule is CCn1cc(Br)cc1C(=O)Nc1cc(Cl)ncn1. The van der Waals surface area contributed by atoms with Gasteiger partial charge in [0.1, 0.15) is 23.0 Å². The van der Waals surface area contributed by atoms with Crippen LogP contribution in [0.25, 0.3) is 0 Å². The van der Waals surface area contributed by atoms with Crippen molar-refractivity contribution in [3.8, 4) is 0 Å². The van der Waals surface area contributed by atoms with Gasteiger partial charge in [-0.15, -0.1) is 0 Å². The molecule has 0 spiro atoms. The first kappa shape index (κ1) is 13.0. The molecule has 0 aliphatic heterocycles. The number of halogens is 2. The van der Waals surface area contributed by atoms with Crippen molar-refractivity contribution in [2.75, 3.05) is 5.32 Å². The number of aromatic nitrogens is 3. The summed E-state index contributed by atoms with van der Waals surface area (Å²) < 4.78 is 2.69. The van der Waals surface area contributed by atoms with Gasteiger partial charge in [0.15, 0.2) is 0 Å². The minimum absolute atomic E-state index is 0.239. The fourth-order valence-electron chi connectivity index (χ4n) is 1.51. The molecule has 0 aliphatic carbocycles. The highest BCUT2D eigenvalue weighted by molar-refractivity contribution is 9.10. The number of aryl methyl sites for hydroxylation is 1. The Labute approximate surface area is 117 Å². The first-order chi connectivity index (χ1) is 8.60. The normalized spacial score (nSPS) is 10.4. The molecule has 0 aliphatic rings. The summed E-state index contributed by atoms with van der Waals surface area (Å²) in [6.45, 7) is 2.67. The molecule has 1 amide bonds. The Balaban J connectivity index is 2.21. The van der Waals surface area contributed by atoms with Gasteiger partial charge in [-0.05, 0) is 28.9 Å². The zero-order valence-electron chi connectivity index (χ0n) is 9.52. The number of carbonyl (C=O) groups excluding carboxylic acids is 1. The topological polar surface area (TPSA) is 59.8 Å². The standard InChI is InChI=1S/C11H10BrClN4O/c1-2-17-5-7(12)3-8(17)11(18)16-10-4-9(13)14-6-15-10/h3-6H,2H2,1H3,(H,14,15,16,18). The van der Waals surface area contributed by atoms with Crippen molar-refractivity contribution >= 4 is 39.3 Å². The van der Waals surface area contributed by atoms with Crippen LogP contribution in [0.1, 0.15) is 17.4 Å². The van der Waals surface area contributed by atoms with E-state index < -0.39 is 0 Å². The van der Waals surface area contributed by atoms with E-state index in [1.54, 1.807) is 6.07 Å². The van der Waals surface area contributed by atoms with Gasteiger partial charge >= 0.3 is 0 Å². The largest absolute Gasteiger partial charge is 0.343 e. The van der Waals surface area contributed by atoms with Gasteiger partial charge in [-0.25, -0.2) is 9.97 Å². The summed E-state index contributed by atoms with van der Waals surface area (Å²) in [5.74, 6) is 0.136. The minimum atomic E-state index is -0.239. The lowest BCUT2D eigenvalue weighted by atomic mass is 10.4. The summed E-state index contributed by atoms with van der Waals surface area (Å²) in [6, 6.07) is 3.25. The van der Waals surface area contributed by atoms with Gasteiger partial charge in [0.2, 0.25) is 0 Å². The summed E-state index contributed by atoms with van der Waals surface area (Å²) in [5, 5.41) is 2.96. The van der Waals surface area contributed by atoms with Gasteiger partial charge in [-0.2, -0.15) is 0 Å². The Morgan fingerprint density at radius 3 is 2.94 bits per heavy atom. The van der Waals surface area contributed by atoms with E-state index in [2.05, 4.69) is 31.2 Å². The lowest BCUT2D eigenvalue weighted by molar-refractivity contribution is 0.101. The molecule has 18 heavy (non-hydrogen) atoms. The molecule has 5 nitrogen and oxygen atoms in total. The lowest BCUT2D eigenvalue weighted by Gasteiger charge is -2.06. The van der Waals surface area contributed by atoms with Gasteiger partial charge in [0.25, 0.3) is 5.91 Å². The predicted molar refractivity (Wildman–Crippen MR) is 72.8 cm³/mol. The Morgan fingerprint density at radius 1 is 1.50 bits per heavy atom. The van der Waals surface area contributed by atoms with E-state index in [9.17, 15) is 4.79 Å². The molecule has 0 unspecified atom stereocenters. The highest BCUT2D eigenvalue weighted by Crippen LogP contribution is 2.16. The molecule has 0 saturated heterocycles. The van der Waals surface area contributed by atoms with Crippen molar-refractivity contribution < 1.29 is 4.79 Å². The Morgan fingerprint density at radius 2 is 2.28 bits per heavy atom. The fraction of sp³-hybridized carbons (Fsp3) is 0.182. The Kier molecular flexibility index (Phi) is 3.98. The zero-order chi connectivity index (χ0) is 13.1. The van der Waals surface area contributed by atoms with Crippen molar-refractivity contribution in [3.05, 3.63) is 40.0 Å². The minimum Gasteiger partial charge on any atom is -0.343 e. The molecule has 0 bridgehead atoms. The Bertz CT molecular complexity index is 584. The molecule has 0 saturated carbocycles. The molecule has 0 aromatic carbocycles. The van der Waals surface area contributed by atoms with E-state index in [4.69, 9.17) is 11.6 Å². The number of rotatable bonds is 3. The molecule has 7 heteroatoms. The molecule has 0 radical (unpaired) electrons. The van der Waals surface area contributed by atoms with Gasteiger partial charge in [0, 0.05) is 23.3 Å². The molecule has 2 aromatic heterocycles. The van der Waals surface area contributed by atoms with Crippen LogP contribution in [0.3, 0.4) is 0 Å². The summed E-state index contributed by atoms with van der Waals surface area (Å²) in [5.41, 5.74) is 0.555. The first-order valence-electron chi connectivity index (χ1n) is 5.24. The van der Waals surface area contributed by atoms with Crippen LogP contribution in [0.4, 0.5) is 5.82 Å². The van der Waals surface area contributed by atoms with Gasteiger partial charge < -0.3 is 9.88 Å². The molecule has 0 fully saturated rings. The third-order valence-corrected chi connectivity index (χ3v) is 2.95. The average Bonchev–Trinajstić information content (AvgIpc) is 2.70. The molecular formula is C11H10BrClN4O. The number of nitrogens with zero attached hydrogens (tertiary/aromatic N) is 3. The van der Waals surface area contributed by atoms with Crippen LogP contribution in [0, 0.1) is 0 Å². The number of hydrogen-bond acceptors (Lipinski definition) is 3. The van der Waals surface area contributed by atoms with Gasteiger partial charge in [0.05, 0.1) is 0 Å². The summed E-state index contributed by atoms with van der Waals surface area (Å²) in [6.07, 6.45) is 3.15. The van der Waals surface area contributed by atoms with E-state index >= 15 is 0 Å². The summed E-state index contributed by atoms with van der Waals surface area (Å²) in [4.78, 5) is 19.7. The molecule has 2 heterocycles. The molecular weight excluding hydrogens is 320 g/mol. The average molecular weight is 330 g/mol. The van der Waals surface area contributed by atoms with E-state index in [0.29, 0.717) is 18.1 Å². The van der Waals surface area contributed by atoms with Gasteiger partial charge in [-0.1, -0.05) is 11.6 Å². The molecule has 2 aromatic rings. The van der Waals surface area contributed by atoms with Crippen LogP contribution in [0.5, 0.6) is 0 Å². The number of anilines is 1. The number of hydrogen-bond donors (Lipinski definition) is 1. The van der Waals surface area contributed by atoms with E-state index in [1.165, 1.54) is 12.4 Å². The Hall–Kier alpha value is -1.40. The van der Waals surface area contributed by atoms with Crippen LogP contribution in [-0.4, -0.2) is 20.4 Å². The predicted octanol–water partition coefficient (Wildman–Crippen LogP) is 2.97. The monoisotopic (exact) mass is 328 g/mol. The lowest BCUT2D eigenvalue weighted by Crippen LogP contribution is -2.17. The molecule has 2 rings (SSSR count). The summed E-state index contributed by atoms with van der Waals surface area (Å²) >= 11 is 9.06. The maximum absolute atomic E-state index is 12.1. The number of nitrogens with one attached hydrogen (secondary N) is 1. The van der Waals surface area contributed by atoms with Crippen molar-refractivity contribution in [3.63, 3.8) is 0 Å². The van der Waals surface area contributed by atoms with Gasteiger partial charge in [-0.3, -0.25) is 4.79 Å². The van der Waals surface area contributed by atoms with Crippen molar-refractivity contribution in [1.29, 1.82) is 0 Å². The molecule has 1 N–H and O–H groups in total. The number of amides is 1. The third kappa shape index (κ3) is 2.88. The van der Waals surface area contributed by atoms with Crippen LogP contribution in [-0.2, 0) is 6.54 Å². The maximum Gasteiger partial charge on any atom is 0.273 e. The first-order valence-corrected chi connectivity index (χ1v) is 6.42.